The van der Waals surface area contributed by atoms with E-state index in [1.807, 2.05) is 48.7 Å². The fraction of sp³-hybridized carbons (Fsp3) is 0.269. The first-order valence-electron chi connectivity index (χ1n) is 10.9. The molecule has 1 aliphatic rings. The van der Waals surface area contributed by atoms with Crippen LogP contribution in [0.25, 0.3) is 16.8 Å². The lowest BCUT2D eigenvalue weighted by Gasteiger charge is -2.25. The van der Waals surface area contributed by atoms with Gasteiger partial charge >= 0.3 is 0 Å². The van der Waals surface area contributed by atoms with Crippen molar-refractivity contribution in [2.45, 2.75) is 25.4 Å². The highest BCUT2D eigenvalue weighted by Crippen LogP contribution is 2.39. The highest BCUT2D eigenvalue weighted by Gasteiger charge is 2.31. The molecule has 2 aromatic carbocycles. The summed E-state index contributed by atoms with van der Waals surface area (Å²) < 4.78 is 19.0. The van der Waals surface area contributed by atoms with Gasteiger partial charge in [-0.15, -0.1) is 0 Å². The highest BCUT2D eigenvalue weighted by molar-refractivity contribution is 9.10. The SMILES string of the molecule is COCc1nn2cc3c(nc2c1-c1ccc(Br)cc1)CC(c1ccc(OC)cc1OC)CC3=O. The fourth-order valence-electron chi connectivity index (χ4n) is 4.61. The molecule has 8 heteroatoms. The van der Waals surface area contributed by atoms with Crippen LogP contribution in [0.15, 0.2) is 53.1 Å². The minimum atomic E-state index is -0.0340. The van der Waals surface area contributed by atoms with Crippen LogP contribution in [0.4, 0.5) is 0 Å². The van der Waals surface area contributed by atoms with Crippen LogP contribution in [-0.4, -0.2) is 41.7 Å². The van der Waals surface area contributed by atoms with Gasteiger partial charge in [0.05, 0.1) is 43.3 Å². The molecule has 7 nitrogen and oxygen atoms in total. The van der Waals surface area contributed by atoms with Gasteiger partial charge in [0, 0.05) is 36.2 Å². The van der Waals surface area contributed by atoms with Gasteiger partial charge in [0.15, 0.2) is 11.4 Å². The van der Waals surface area contributed by atoms with Crippen LogP contribution >= 0.6 is 15.9 Å². The summed E-state index contributed by atoms with van der Waals surface area (Å²) in [4.78, 5) is 18.2. The molecule has 2 heterocycles. The predicted octanol–water partition coefficient (Wildman–Crippen LogP) is 5.24. The molecule has 4 aromatic rings. The van der Waals surface area contributed by atoms with Crippen molar-refractivity contribution in [3.05, 3.63) is 75.6 Å². The summed E-state index contributed by atoms with van der Waals surface area (Å²) in [6, 6.07) is 13.8. The van der Waals surface area contributed by atoms with Crippen molar-refractivity contribution < 1.29 is 19.0 Å². The molecule has 0 bridgehead atoms. The van der Waals surface area contributed by atoms with E-state index in [1.165, 1.54) is 0 Å². The number of fused-ring (bicyclic) bond motifs is 2. The first-order valence-corrected chi connectivity index (χ1v) is 11.7. The molecule has 5 rings (SSSR count). The Balaban J connectivity index is 1.62. The van der Waals surface area contributed by atoms with Gasteiger partial charge in [-0.25, -0.2) is 9.50 Å². The Kier molecular flexibility index (Phi) is 6.10. The Morgan fingerprint density at radius 1 is 1.06 bits per heavy atom. The van der Waals surface area contributed by atoms with Crippen LogP contribution in [0.3, 0.4) is 0 Å². The summed E-state index contributed by atoms with van der Waals surface area (Å²) in [5.74, 6) is 1.44. The molecule has 174 valence electrons. The number of hydrogen-bond donors (Lipinski definition) is 0. The zero-order chi connectivity index (χ0) is 23.8. The van der Waals surface area contributed by atoms with Gasteiger partial charge in [0.1, 0.15) is 11.5 Å². The molecule has 1 unspecified atom stereocenters. The van der Waals surface area contributed by atoms with E-state index in [0.29, 0.717) is 42.2 Å². The Bertz CT molecular complexity index is 1380. The van der Waals surface area contributed by atoms with E-state index in [1.54, 1.807) is 25.8 Å². The van der Waals surface area contributed by atoms with E-state index in [0.717, 1.165) is 32.6 Å². The van der Waals surface area contributed by atoms with E-state index in [2.05, 4.69) is 15.9 Å². The van der Waals surface area contributed by atoms with E-state index >= 15 is 0 Å². The van der Waals surface area contributed by atoms with E-state index in [4.69, 9.17) is 24.3 Å². The standard InChI is InChI=1S/C26H24BrN3O4/c1-32-14-22-25(15-4-6-17(27)7-5-15)26-28-21-10-16(11-23(31)20(21)13-30(26)29-22)19-9-8-18(33-2)12-24(19)34-3/h4-9,12-13,16H,10-11,14H2,1-3H3. The Labute approximate surface area is 205 Å². The Hall–Kier alpha value is -3.23. The van der Waals surface area contributed by atoms with Crippen LogP contribution in [0.5, 0.6) is 11.5 Å². The summed E-state index contributed by atoms with van der Waals surface area (Å²) in [5, 5.41) is 4.70. The third-order valence-electron chi connectivity index (χ3n) is 6.23. The zero-order valence-corrected chi connectivity index (χ0v) is 20.8. The number of ether oxygens (including phenoxy) is 3. The van der Waals surface area contributed by atoms with Crippen LogP contribution in [0, 0.1) is 0 Å². The second kappa shape index (κ2) is 9.19. The summed E-state index contributed by atoms with van der Waals surface area (Å²) in [5.41, 5.74) is 5.76. The van der Waals surface area contributed by atoms with Crippen molar-refractivity contribution in [3.8, 4) is 22.6 Å². The second-order valence-corrected chi connectivity index (χ2v) is 9.18. The van der Waals surface area contributed by atoms with Crippen LogP contribution < -0.4 is 9.47 Å². The van der Waals surface area contributed by atoms with Crippen LogP contribution in [0.1, 0.15) is 39.6 Å². The number of rotatable bonds is 6. The van der Waals surface area contributed by atoms with Crippen LogP contribution in [-0.2, 0) is 17.8 Å². The van der Waals surface area contributed by atoms with Crippen molar-refractivity contribution in [1.82, 2.24) is 14.6 Å². The highest BCUT2D eigenvalue weighted by atomic mass is 79.9. The Morgan fingerprint density at radius 2 is 1.85 bits per heavy atom. The number of carbonyl (C=O) groups is 1. The number of nitrogens with zero attached hydrogens (tertiary/aromatic N) is 3. The largest absolute Gasteiger partial charge is 0.497 e. The molecule has 1 atom stereocenters. The number of aromatic nitrogens is 3. The maximum Gasteiger partial charge on any atom is 0.166 e. The topological polar surface area (TPSA) is 75.0 Å². The second-order valence-electron chi connectivity index (χ2n) is 8.27. The number of hydrogen-bond acceptors (Lipinski definition) is 6. The number of methoxy groups -OCH3 is 3. The van der Waals surface area contributed by atoms with Gasteiger partial charge in [0.25, 0.3) is 0 Å². The predicted molar refractivity (Wildman–Crippen MR) is 132 cm³/mol. The maximum absolute atomic E-state index is 13.2. The van der Waals surface area contributed by atoms with Crippen LogP contribution in [0.2, 0.25) is 0 Å². The number of halogens is 1. The van der Waals surface area contributed by atoms with Gasteiger partial charge in [-0.1, -0.05) is 34.1 Å². The molecule has 0 aliphatic heterocycles. The zero-order valence-electron chi connectivity index (χ0n) is 19.2. The Morgan fingerprint density at radius 3 is 2.56 bits per heavy atom. The quantitative estimate of drug-likeness (QED) is 0.345. The molecule has 34 heavy (non-hydrogen) atoms. The van der Waals surface area contributed by atoms with Crippen molar-refractivity contribution in [1.29, 1.82) is 0 Å². The average Bonchev–Trinajstić information content (AvgIpc) is 3.20. The van der Waals surface area contributed by atoms with E-state index < -0.39 is 0 Å². The summed E-state index contributed by atoms with van der Waals surface area (Å²) in [6.45, 7) is 0.346. The van der Waals surface area contributed by atoms with Crippen molar-refractivity contribution in [2.24, 2.45) is 0 Å². The fourth-order valence-corrected chi connectivity index (χ4v) is 4.87. The first-order chi connectivity index (χ1) is 16.5. The molecule has 0 amide bonds. The van der Waals surface area contributed by atoms with E-state index in [9.17, 15) is 4.79 Å². The first kappa shape index (κ1) is 22.6. The molecule has 0 saturated carbocycles. The molecule has 1 aliphatic carbocycles. The summed E-state index contributed by atoms with van der Waals surface area (Å²) in [7, 11) is 4.90. The molecule has 0 radical (unpaired) electrons. The van der Waals surface area contributed by atoms with Gasteiger partial charge in [0.2, 0.25) is 0 Å². The number of benzene rings is 2. The van der Waals surface area contributed by atoms with Gasteiger partial charge in [-0.3, -0.25) is 4.79 Å². The minimum absolute atomic E-state index is 0.0340. The van der Waals surface area contributed by atoms with Crippen molar-refractivity contribution in [3.63, 3.8) is 0 Å². The number of carbonyl (C=O) groups excluding carboxylic acids is 1. The lowest BCUT2D eigenvalue weighted by Crippen LogP contribution is -2.21. The molecule has 0 saturated heterocycles. The molecule has 0 spiro atoms. The molecular weight excluding hydrogens is 498 g/mol. The average molecular weight is 522 g/mol. The summed E-state index contributed by atoms with van der Waals surface area (Å²) in [6.07, 6.45) is 2.82. The monoisotopic (exact) mass is 521 g/mol. The number of ketones is 1. The van der Waals surface area contributed by atoms with Gasteiger partial charge in [-0.2, -0.15) is 5.10 Å². The normalized spacial score (nSPS) is 15.4. The summed E-state index contributed by atoms with van der Waals surface area (Å²) >= 11 is 3.50. The minimum Gasteiger partial charge on any atom is -0.497 e. The third-order valence-corrected chi connectivity index (χ3v) is 6.76. The van der Waals surface area contributed by atoms with Crippen molar-refractivity contribution in [2.75, 3.05) is 21.3 Å². The van der Waals surface area contributed by atoms with E-state index in [-0.39, 0.29) is 11.7 Å². The van der Waals surface area contributed by atoms with Gasteiger partial charge in [-0.05, 0) is 35.7 Å². The van der Waals surface area contributed by atoms with Gasteiger partial charge < -0.3 is 14.2 Å². The molecule has 0 fully saturated rings. The smallest absolute Gasteiger partial charge is 0.166 e. The van der Waals surface area contributed by atoms with Crippen molar-refractivity contribution >= 4 is 27.4 Å². The molecule has 0 N–H and O–H groups in total. The lowest BCUT2D eigenvalue weighted by molar-refractivity contribution is 0.0962. The molecular formula is C26H24BrN3O4. The maximum atomic E-state index is 13.2. The lowest BCUT2D eigenvalue weighted by atomic mass is 9.81. The molecule has 2 aromatic heterocycles. The third kappa shape index (κ3) is 3.97. The number of Topliss-reactive ketones (excluding diaryl/α,β-unsaturated/α-hetero) is 1.